The molecular formula is C25H35N3O2S. The lowest BCUT2D eigenvalue weighted by atomic mass is 10.0. The van der Waals surface area contributed by atoms with Gasteiger partial charge in [0.05, 0.1) is 22.6 Å². The third-order valence-corrected chi connectivity index (χ3v) is 7.55. The number of anilines is 3. The van der Waals surface area contributed by atoms with Crippen molar-refractivity contribution in [3.05, 3.63) is 39.6 Å². The van der Waals surface area contributed by atoms with Crippen LogP contribution in [0.15, 0.2) is 24.3 Å². The van der Waals surface area contributed by atoms with Gasteiger partial charge in [-0.25, -0.2) is 0 Å². The molecule has 5 nitrogen and oxygen atoms in total. The summed E-state index contributed by atoms with van der Waals surface area (Å²) in [5.74, 6) is 0.170. The number of rotatable bonds is 9. The number of fused-ring (bicyclic) bond motifs is 2. The number of hydrogen-bond acceptors (Lipinski definition) is 4. The molecule has 0 aliphatic carbocycles. The fourth-order valence-corrected chi connectivity index (χ4v) is 5.42. The second-order valence-corrected chi connectivity index (χ2v) is 9.44. The molecule has 0 saturated heterocycles. The summed E-state index contributed by atoms with van der Waals surface area (Å²) in [4.78, 5) is 33.2. The van der Waals surface area contributed by atoms with Crippen molar-refractivity contribution in [2.75, 3.05) is 29.9 Å². The van der Waals surface area contributed by atoms with Gasteiger partial charge in [0, 0.05) is 16.2 Å². The highest BCUT2D eigenvalue weighted by Crippen LogP contribution is 2.47. The summed E-state index contributed by atoms with van der Waals surface area (Å²) >= 11 is 1.67. The van der Waals surface area contributed by atoms with Crippen molar-refractivity contribution in [1.82, 2.24) is 4.90 Å². The van der Waals surface area contributed by atoms with Gasteiger partial charge in [-0.1, -0.05) is 46.8 Å². The van der Waals surface area contributed by atoms with Crippen molar-refractivity contribution in [2.45, 2.75) is 66.2 Å². The van der Waals surface area contributed by atoms with Crippen LogP contribution < -0.4 is 10.2 Å². The van der Waals surface area contributed by atoms with Crippen molar-refractivity contribution in [3.63, 3.8) is 0 Å². The number of nitrogens with one attached hydrogen (secondary N) is 1. The standard InChI is InChI=1S/C25H35N3O2S/c1-6-20-23-22(24(31-20)17(4)5)25(30)26-18-13-9-10-14-19(18)28(23)21(29)15-11-12-16-27(7-2)8-3/h9-10,13-14,17H,6-8,11-12,15-16H2,1-5H3,(H,26,30). The van der Waals surface area contributed by atoms with Crippen molar-refractivity contribution in [3.8, 4) is 0 Å². The summed E-state index contributed by atoms with van der Waals surface area (Å²) in [5, 5.41) is 3.06. The summed E-state index contributed by atoms with van der Waals surface area (Å²) in [7, 11) is 0. The summed E-state index contributed by atoms with van der Waals surface area (Å²) in [6.07, 6.45) is 3.10. The zero-order valence-electron chi connectivity index (χ0n) is 19.5. The molecule has 2 amide bonds. The van der Waals surface area contributed by atoms with E-state index in [0.717, 1.165) is 60.0 Å². The number of para-hydroxylation sites is 2. The monoisotopic (exact) mass is 441 g/mol. The maximum Gasteiger partial charge on any atom is 0.259 e. The summed E-state index contributed by atoms with van der Waals surface area (Å²) in [6.45, 7) is 13.7. The van der Waals surface area contributed by atoms with Gasteiger partial charge in [-0.15, -0.1) is 11.3 Å². The van der Waals surface area contributed by atoms with Crippen LogP contribution in [0.1, 0.15) is 79.9 Å². The second-order valence-electron chi connectivity index (χ2n) is 8.31. The molecule has 1 aromatic carbocycles. The molecule has 0 saturated carbocycles. The van der Waals surface area contributed by atoms with Crippen LogP contribution in [0.4, 0.5) is 17.1 Å². The maximum atomic E-state index is 13.6. The minimum Gasteiger partial charge on any atom is -0.320 e. The first-order chi connectivity index (χ1) is 14.9. The summed E-state index contributed by atoms with van der Waals surface area (Å²) < 4.78 is 0. The van der Waals surface area contributed by atoms with E-state index in [4.69, 9.17) is 0 Å². The van der Waals surface area contributed by atoms with Crippen molar-refractivity contribution in [1.29, 1.82) is 0 Å². The Kier molecular flexibility index (Phi) is 7.89. The van der Waals surface area contributed by atoms with E-state index < -0.39 is 0 Å². The molecule has 1 aromatic heterocycles. The number of hydrogen-bond donors (Lipinski definition) is 1. The van der Waals surface area contributed by atoms with Gasteiger partial charge < -0.3 is 10.2 Å². The van der Waals surface area contributed by atoms with Crippen molar-refractivity contribution in [2.24, 2.45) is 0 Å². The lowest BCUT2D eigenvalue weighted by Gasteiger charge is -2.24. The third-order valence-electron chi connectivity index (χ3n) is 5.93. The highest BCUT2D eigenvalue weighted by Gasteiger charge is 2.35. The minimum atomic E-state index is -0.112. The minimum absolute atomic E-state index is 0.0625. The molecule has 2 heterocycles. The van der Waals surface area contributed by atoms with Gasteiger partial charge in [-0.05, 0) is 56.9 Å². The predicted octanol–water partition coefficient (Wildman–Crippen LogP) is 6.18. The average molecular weight is 442 g/mol. The molecule has 0 bridgehead atoms. The average Bonchev–Trinajstić information content (AvgIpc) is 3.09. The topological polar surface area (TPSA) is 52.7 Å². The lowest BCUT2D eigenvalue weighted by Crippen LogP contribution is -2.27. The van der Waals surface area contributed by atoms with Crippen LogP contribution in [0.25, 0.3) is 0 Å². The zero-order chi connectivity index (χ0) is 22.5. The number of thiophene rings is 1. The first-order valence-corrected chi connectivity index (χ1v) is 12.4. The van der Waals surface area contributed by atoms with Gasteiger partial charge in [0.15, 0.2) is 0 Å². The molecule has 1 aliphatic heterocycles. The van der Waals surface area contributed by atoms with Crippen LogP contribution in [-0.2, 0) is 11.2 Å². The Hall–Kier alpha value is -2.18. The second kappa shape index (κ2) is 10.4. The van der Waals surface area contributed by atoms with E-state index in [1.807, 2.05) is 29.2 Å². The van der Waals surface area contributed by atoms with E-state index in [9.17, 15) is 9.59 Å². The molecule has 3 rings (SSSR count). The Labute approximate surface area is 190 Å². The fourth-order valence-electron chi connectivity index (χ4n) is 4.19. The van der Waals surface area contributed by atoms with Crippen LogP contribution in [0, 0.1) is 0 Å². The third kappa shape index (κ3) is 4.85. The van der Waals surface area contributed by atoms with Gasteiger partial charge >= 0.3 is 0 Å². The molecule has 1 aliphatic rings. The molecular weight excluding hydrogens is 406 g/mol. The largest absolute Gasteiger partial charge is 0.320 e. The smallest absolute Gasteiger partial charge is 0.259 e. The van der Waals surface area contributed by atoms with Crippen LogP contribution in [-0.4, -0.2) is 36.3 Å². The Morgan fingerprint density at radius 2 is 1.84 bits per heavy atom. The lowest BCUT2D eigenvalue weighted by molar-refractivity contribution is -0.118. The number of amides is 2. The molecule has 168 valence electrons. The van der Waals surface area contributed by atoms with E-state index in [2.05, 4.69) is 44.8 Å². The first kappa shape index (κ1) is 23.5. The van der Waals surface area contributed by atoms with E-state index in [1.54, 1.807) is 11.3 Å². The number of unbranched alkanes of at least 4 members (excludes halogenated alkanes) is 1. The van der Waals surface area contributed by atoms with E-state index in [0.29, 0.717) is 17.7 Å². The van der Waals surface area contributed by atoms with E-state index in [1.165, 1.54) is 0 Å². The summed E-state index contributed by atoms with van der Waals surface area (Å²) in [6, 6.07) is 7.64. The number of carbonyl (C=O) groups excluding carboxylic acids is 2. The Morgan fingerprint density at radius 1 is 1.13 bits per heavy atom. The fraction of sp³-hybridized carbons (Fsp3) is 0.520. The number of aryl methyl sites for hydroxylation is 1. The van der Waals surface area contributed by atoms with E-state index in [-0.39, 0.29) is 17.7 Å². The quantitative estimate of drug-likeness (QED) is 0.473. The van der Waals surface area contributed by atoms with Crippen LogP contribution in [0.5, 0.6) is 0 Å². The normalized spacial score (nSPS) is 13.3. The van der Waals surface area contributed by atoms with Gasteiger partial charge in [0.25, 0.3) is 5.91 Å². The van der Waals surface area contributed by atoms with Crippen LogP contribution >= 0.6 is 11.3 Å². The number of benzene rings is 1. The SMILES string of the molecule is CCc1sc(C(C)C)c2c1N(C(=O)CCCCN(CC)CC)c1ccccc1NC2=O. The van der Waals surface area contributed by atoms with Crippen LogP contribution in [0.3, 0.4) is 0 Å². The Balaban J connectivity index is 1.98. The van der Waals surface area contributed by atoms with Gasteiger partial charge in [-0.2, -0.15) is 0 Å². The molecule has 0 spiro atoms. The zero-order valence-corrected chi connectivity index (χ0v) is 20.3. The molecule has 2 aromatic rings. The van der Waals surface area contributed by atoms with E-state index >= 15 is 0 Å². The highest BCUT2D eigenvalue weighted by molar-refractivity contribution is 7.13. The Bertz CT molecular complexity index is 931. The molecule has 0 radical (unpaired) electrons. The van der Waals surface area contributed by atoms with Gasteiger partial charge in [0.1, 0.15) is 0 Å². The van der Waals surface area contributed by atoms with Gasteiger partial charge in [-0.3, -0.25) is 14.5 Å². The maximum absolute atomic E-state index is 13.6. The number of carbonyl (C=O) groups is 2. The molecule has 0 unspecified atom stereocenters. The van der Waals surface area contributed by atoms with Gasteiger partial charge in [0.2, 0.25) is 5.91 Å². The first-order valence-electron chi connectivity index (χ1n) is 11.5. The Morgan fingerprint density at radius 3 is 2.48 bits per heavy atom. The van der Waals surface area contributed by atoms with Crippen molar-refractivity contribution < 1.29 is 9.59 Å². The molecule has 31 heavy (non-hydrogen) atoms. The molecule has 1 N–H and O–H groups in total. The molecule has 0 atom stereocenters. The highest BCUT2D eigenvalue weighted by atomic mass is 32.1. The molecule has 6 heteroatoms. The summed E-state index contributed by atoms with van der Waals surface area (Å²) in [5.41, 5.74) is 2.94. The molecule has 0 fully saturated rings. The van der Waals surface area contributed by atoms with Crippen LogP contribution in [0.2, 0.25) is 0 Å². The number of nitrogens with zero attached hydrogens (tertiary/aromatic N) is 2. The van der Waals surface area contributed by atoms with Crippen molar-refractivity contribution >= 4 is 40.2 Å². The predicted molar refractivity (Wildman–Crippen MR) is 131 cm³/mol.